The number of benzene rings is 1. The van der Waals surface area contributed by atoms with Crippen LogP contribution in [0.5, 0.6) is 11.5 Å². The van der Waals surface area contributed by atoms with Gasteiger partial charge in [0.05, 0.1) is 13.2 Å². The molecule has 0 amide bonds. The average Bonchev–Trinajstić information content (AvgIpc) is 2.79. The topological polar surface area (TPSA) is 30.5 Å². The highest BCUT2D eigenvalue weighted by atomic mass is 32.2. The maximum Gasteiger partial charge on any atom is 0.161 e. The molecule has 0 bridgehead atoms. The Morgan fingerprint density at radius 2 is 2.05 bits per heavy atom. The predicted octanol–water partition coefficient (Wildman–Crippen LogP) is 3.78. The molecule has 1 aromatic rings. The van der Waals surface area contributed by atoms with Gasteiger partial charge in [0.1, 0.15) is 0 Å². The van der Waals surface area contributed by atoms with Crippen molar-refractivity contribution in [1.82, 2.24) is 5.32 Å². The molecule has 0 radical (unpaired) electrons. The van der Waals surface area contributed by atoms with Crippen molar-refractivity contribution in [2.75, 3.05) is 25.5 Å². The van der Waals surface area contributed by atoms with E-state index < -0.39 is 0 Å². The van der Waals surface area contributed by atoms with Crippen LogP contribution in [0.4, 0.5) is 0 Å². The van der Waals surface area contributed by atoms with Crippen LogP contribution in [0.2, 0.25) is 0 Å². The van der Waals surface area contributed by atoms with Crippen molar-refractivity contribution in [2.24, 2.45) is 0 Å². The van der Waals surface area contributed by atoms with Crippen molar-refractivity contribution in [2.45, 2.75) is 43.9 Å². The van der Waals surface area contributed by atoms with E-state index in [-0.39, 0.29) is 0 Å². The van der Waals surface area contributed by atoms with E-state index in [1.807, 2.05) is 6.07 Å². The van der Waals surface area contributed by atoms with Crippen LogP contribution in [0.25, 0.3) is 0 Å². The van der Waals surface area contributed by atoms with E-state index in [9.17, 15) is 0 Å². The third kappa shape index (κ3) is 3.67. The number of fused-ring (bicyclic) bond motifs is 1. The normalized spacial score (nSPS) is 26.4. The molecule has 2 heterocycles. The van der Waals surface area contributed by atoms with Crippen molar-refractivity contribution >= 4 is 11.8 Å². The second-order valence-electron chi connectivity index (χ2n) is 6.26. The molecule has 1 aromatic carbocycles. The van der Waals surface area contributed by atoms with E-state index in [1.54, 1.807) is 0 Å². The average molecular weight is 307 g/mol. The first-order valence-electron chi connectivity index (χ1n) is 7.93. The lowest BCUT2D eigenvalue weighted by Crippen LogP contribution is -2.34. The molecule has 0 aliphatic carbocycles. The molecule has 116 valence electrons. The van der Waals surface area contributed by atoms with Crippen LogP contribution in [0.3, 0.4) is 0 Å². The largest absolute Gasteiger partial charge is 0.490 e. The molecule has 2 aliphatic rings. The molecule has 21 heavy (non-hydrogen) atoms. The maximum atomic E-state index is 5.78. The zero-order valence-electron chi connectivity index (χ0n) is 13.0. The Morgan fingerprint density at radius 3 is 2.81 bits per heavy atom. The lowest BCUT2D eigenvalue weighted by Gasteiger charge is -2.26. The summed E-state index contributed by atoms with van der Waals surface area (Å²) in [4.78, 5) is 0. The van der Waals surface area contributed by atoms with Gasteiger partial charge < -0.3 is 14.8 Å². The van der Waals surface area contributed by atoms with Gasteiger partial charge in [-0.25, -0.2) is 0 Å². The third-order valence-electron chi connectivity index (χ3n) is 4.35. The second-order valence-corrected chi connectivity index (χ2v) is 7.94. The number of thioether (sulfide) groups is 1. The minimum atomic E-state index is 0.333. The van der Waals surface area contributed by atoms with Gasteiger partial charge >= 0.3 is 0 Å². The molecule has 2 aliphatic heterocycles. The smallest absolute Gasteiger partial charge is 0.161 e. The zero-order chi connectivity index (χ0) is 14.7. The van der Waals surface area contributed by atoms with Crippen molar-refractivity contribution in [3.05, 3.63) is 23.8 Å². The van der Waals surface area contributed by atoms with Crippen molar-refractivity contribution < 1.29 is 9.47 Å². The molecular formula is C17H25NO2S. The zero-order valence-corrected chi connectivity index (χ0v) is 13.8. The Bertz CT molecular complexity index is 486. The van der Waals surface area contributed by atoms with Crippen LogP contribution >= 0.6 is 11.8 Å². The van der Waals surface area contributed by atoms with Crippen LogP contribution < -0.4 is 14.8 Å². The van der Waals surface area contributed by atoms with Gasteiger partial charge in [-0.05, 0) is 50.1 Å². The Balaban J connectivity index is 1.64. The van der Waals surface area contributed by atoms with Crippen molar-refractivity contribution in [3.63, 3.8) is 0 Å². The molecular weight excluding hydrogens is 282 g/mol. The van der Waals surface area contributed by atoms with Crippen LogP contribution in [-0.4, -0.2) is 30.3 Å². The van der Waals surface area contributed by atoms with E-state index in [0.717, 1.165) is 37.7 Å². The van der Waals surface area contributed by atoms with Crippen molar-refractivity contribution in [3.8, 4) is 11.5 Å². The molecule has 3 nitrogen and oxygen atoms in total. The van der Waals surface area contributed by atoms with E-state index in [0.29, 0.717) is 10.8 Å². The van der Waals surface area contributed by atoms with E-state index in [1.165, 1.54) is 24.2 Å². The first-order chi connectivity index (χ1) is 10.2. The van der Waals surface area contributed by atoms with Crippen molar-refractivity contribution in [1.29, 1.82) is 0 Å². The Labute approximate surface area is 131 Å². The van der Waals surface area contributed by atoms with E-state index in [4.69, 9.17) is 9.47 Å². The molecule has 1 N–H and O–H groups in total. The first-order valence-corrected chi connectivity index (χ1v) is 8.92. The van der Waals surface area contributed by atoms with Gasteiger partial charge in [-0.1, -0.05) is 6.07 Å². The van der Waals surface area contributed by atoms with Gasteiger partial charge in [0, 0.05) is 23.8 Å². The Morgan fingerprint density at radius 1 is 1.24 bits per heavy atom. The van der Waals surface area contributed by atoms with Crippen LogP contribution in [0.1, 0.15) is 44.7 Å². The summed E-state index contributed by atoms with van der Waals surface area (Å²) < 4.78 is 11.9. The highest BCUT2D eigenvalue weighted by Gasteiger charge is 2.29. The number of hydrogen-bond acceptors (Lipinski definition) is 4. The van der Waals surface area contributed by atoms with E-state index in [2.05, 4.69) is 43.1 Å². The summed E-state index contributed by atoms with van der Waals surface area (Å²) in [5.41, 5.74) is 1.27. The van der Waals surface area contributed by atoms with Gasteiger partial charge in [0.15, 0.2) is 11.5 Å². The van der Waals surface area contributed by atoms with Crippen LogP contribution in [0.15, 0.2) is 18.2 Å². The maximum absolute atomic E-state index is 5.78. The summed E-state index contributed by atoms with van der Waals surface area (Å²) in [6.07, 6.45) is 3.62. The van der Waals surface area contributed by atoms with Crippen LogP contribution in [-0.2, 0) is 0 Å². The minimum Gasteiger partial charge on any atom is -0.490 e. The molecule has 2 unspecified atom stereocenters. The highest BCUT2D eigenvalue weighted by Crippen LogP contribution is 2.38. The Hall–Kier alpha value is -0.870. The number of ether oxygens (including phenoxy) is 2. The fourth-order valence-corrected chi connectivity index (χ4v) is 4.17. The molecule has 0 aromatic heterocycles. The summed E-state index contributed by atoms with van der Waals surface area (Å²) in [7, 11) is 0. The number of rotatable bonds is 4. The quantitative estimate of drug-likeness (QED) is 0.917. The lowest BCUT2D eigenvalue weighted by atomic mass is 10.0. The second kappa shape index (κ2) is 6.49. The van der Waals surface area contributed by atoms with E-state index >= 15 is 0 Å². The molecule has 4 heteroatoms. The molecule has 0 spiro atoms. The number of nitrogens with one attached hydrogen (secondary N) is 1. The highest BCUT2D eigenvalue weighted by molar-refractivity contribution is 8.00. The van der Waals surface area contributed by atoms with Gasteiger partial charge in [-0.15, -0.1) is 0 Å². The summed E-state index contributed by atoms with van der Waals surface area (Å²) in [6.45, 7) is 7.15. The van der Waals surface area contributed by atoms with Gasteiger partial charge in [-0.2, -0.15) is 11.8 Å². The lowest BCUT2D eigenvalue weighted by molar-refractivity contribution is 0.297. The van der Waals surface area contributed by atoms with Gasteiger partial charge in [-0.3, -0.25) is 0 Å². The monoisotopic (exact) mass is 307 g/mol. The van der Waals surface area contributed by atoms with Gasteiger partial charge in [0.2, 0.25) is 0 Å². The van der Waals surface area contributed by atoms with Gasteiger partial charge in [0.25, 0.3) is 0 Å². The fraction of sp³-hybridized carbons (Fsp3) is 0.647. The standard InChI is InChI=1S/C17H25NO2S/c1-13(18-12-17(2)7-3-10-21-17)14-5-6-15-16(11-14)20-9-4-8-19-15/h5-6,11,13,18H,3-4,7-10,12H2,1-2H3. The minimum absolute atomic E-state index is 0.333. The Kier molecular flexibility index (Phi) is 4.65. The number of hydrogen-bond donors (Lipinski definition) is 1. The summed E-state index contributed by atoms with van der Waals surface area (Å²) >= 11 is 2.10. The summed E-state index contributed by atoms with van der Waals surface area (Å²) in [5.74, 6) is 3.07. The SMILES string of the molecule is CC(NCC1(C)CCCS1)c1ccc2c(c1)OCCCO2. The summed E-state index contributed by atoms with van der Waals surface area (Å²) in [5, 5.41) is 3.69. The van der Waals surface area contributed by atoms with Crippen LogP contribution in [0, 0.1) is 0 Å². The summed E-state index contributed by atoms with van der Waals surface area (Å²) in [6, 6.07) is 6.65. The molecule has 0 saturated carbocycles. The molecule has 3 rings (SSSR count). The molecule has 1 fully saturated rings. The first kappa shape index (κ1) is 15.0. The third-order valence-corrected chi connectivity index (χ3v) is 5.89. The predicted molar refractivity (Wildman–Crippen MR) is 88.6 cm³/mol. The molecule has 2 atom stereocenters. The molecule has 1 saturated heterocycles. The fourth-order valence-electron chi connectivity index (χ4n) is 2.91.